The van der Waals surface area contributed by atoms with E-state index in [1.165, 1.54) is 4.90 Å². The Morgan fingerprint density at radius 1 is 0.636 bits per heavy atom. The number of halogens is 1. The number of aromatic amines is 1. The maximum atomic E-state index is 15.3. The molecule has 1 aromatic heterocycles. The Kier molecular flexibility index (Phi) is 26.2. The maximum Gasteiger partial charge on any atom is 0.328 e. The minimum absolute atomic E-state index is 0.00371. The van der Waals surface area contributed by atoms with Crippen LogP contribution >= 0.6 is 11.6 Å². The van der Waals surface area contributed by atoms with Crippen molar-refractivity contribution in [3.05, 3.63) is 119 Å². The molecule has 0 spiro atoms. The van der Waals surface area contributed by atoms with Gasteiger partial charge >= 0.3 is 5.97 Å². The molecular formula is C68H85ClN16O14. The highest BCUT2D eigenvalue weighted by Crippen LogP contribution is 2.24. The van der Waals surface area contributed by atoms with Crippen molar-refractivity contribution in [3.8, 4) is 0 Å². The van der Waals surface area contributed by atoms with Crippen molar-refractivity contribution >= 4 is 116 Å². The normalized spacial score (nSPS) is 24.2. The predicted octanol–water partition coefficient (Wildman–Crippen LogP) is -0.619. The number of para-hydroxylation sites is 1. The van der Waals surface area contributed by atoms with Gasteiger partial charge in [-0.1, -0.05) is 98.2 Å². The van der Waals surface area contributed by atoms with Gasteiger partial charge in [-0.25, -0.2) is 4.79 Å². The number of fused-ring (bicyclic) bond motifs is 6. The molecule has 4 heterocycles. The van der Waals surface area contributed by atoms with Crippen molar-refractivity contribution in [1.29, 1.82) is 0 Å². The Labute approximate surface area is 575 Å². The van der Waals surface area contributed by atoms with Crippen LogP contribution in [0.5, 0.6) is 0 Å². The van der Waals surface area contributed by atoms with Crippen LogP contribution in [0, 0.1) is 5.92 Å². The molecule has 30 nitrogen and oxygen atoms in total. The molecule has 10 atom stereocenters. The van der Waals surface area contributed by atoms with E-state index in [9.17, 15) is 48.3 Å². The molecule has 3 aliphatic rings. The monoisotopic (exact) mass is 1380 g/mol. The molecule has 0 unspecified atom stereocenters. The Balaban J connectivity index is 1.23. The van der Waals surface area contributed by atoms with Crippen LogP contribution in [-0.4, -0.2) is 184 Å². The molecule has 3 saturated heterocycles. The van der Waals surface area contributed by atoms with E-state index in [1.807, 2.05) is 24.3 Å². The van der Waals surface area contributed by atoms with Crippen molar-refractivity contribution in [1.82, 2.24) is 68.4 Å². The van der Waals surface area contributed by atoms with Crippen molar-refractivity contribution < 1.29 is 67.4 Å². The van der Waals surface area contributed by atoms with Crippen molar-refractivity contribution in [3.63, 3.8) is 0 Å². The summed E-state index contributed by atoms with van der Waals surface area (Å²) >= 11 is 6.22. The van der Waals surface area contributed by atoms with Crippen LogP contribution in [0.3, 0.4) is 0 Å². The summed E-state index contributed by atoms with van der Waals surface area (Å²) in [7, 11) is 0. The summed E-state index contributed by atoms with van der Waals surface area (Å²) in [5, 5.41) is 42.0. The summed E-state index contributed by atoms with van der Waals surface area (Å²) in [4.78, 5) is 196. The second kappa shape index (κ2) is 35.0. The Morgan fingerprint density at radius 3 is 1.95 bits per heavy atom. The van der Waals surface area contributed by atoms with Crippen molar-refractivity contribution in [2.75, 3.05) is 26.2 Å². The van der Waals surface area contributed by atoms with E-state index in [-0.39, 0.29) is 82.8 Å². The largest absolute Gasteiger partial charge is 0.480 e. The minimum atomic E-state index is -2.01. The summed E-state index contributed by atoms with van der Waals surface area (Å²) in [6.07, 6.45) is -0.978. The van der Waals surface area contributed by atoms with Crippen molar-refractivity contribution in [2.45, 2.75) is 158 Å². The van der Waals surface area contributed by atoms with Crippen LogP contribution < -0.4 is 70.0 Å². The van der Waals surface area contributed by atoms with Gasteiger partial charge in [-0.15, -0.1) is 0 Å². The fourth-order valence-electron chi connectivity index (χ4n) is 12.1. The highest BCUT2D eigenvalue weighted by Gasteiger charge is 2.41. The standard InChI is InChI=1S/C68H85ClN16O14/c1-36(2)28-49-60(91)78-48(14-8-25-73-68(70)71)66(97)85-27-9-15-55(85)65(96)84-54(67(98)99)35-75-57(88)33-53-64(95)77-47(59(90)81-51(62(93)79-49)31-39-16-19-40-10-4-5-11-41(40)29-39)24-26-72-56(87)23-22-46(76-37(3)86)58(89)80-50(30-38-17-20-43(69)21-18-38)61(92)82-52(63(94)83-53)32-42-34-74-45-13-7-6-12-44(42)45/h4-7,10-13,16-21,29,34,36,46-55,74H,8-9,14-15,22-28,30-33,35H2,1-3H3,(H,72,87)(H,75,88)(H,76,86)(H,77,95)(H,78,91)(H,79,93)(H,80,89)(H,81,90)(H,82,92)(H,83,94)(H,84,96)(H,98,99)(H4,70,71,73)/t46-,47-,48-,49-,50+,51+,52+,53-,54-,55-/m0/s1. The molecule has 2 bridgehead atoms. The third-order valence-corrected chi connectivity index (χ3v) is 17.5. The zero-order chi connectivity index (χ0) is 71.4. The quantitative estimate of drug-likeness (QED) is 0.0374. The van der Waals surface area contributed by atoms with Gasteiger partial charge in [0, 0.05) is 80.9 Å². The van der Waals surface area contributed by atoms with Crippen LogP contribution in [0.1, 0.15) is 95.2 Å². The first-order valence-corrected chi connectivity index (χ1v) is 33.3. The molecule has 5 aromatic rings. The van der Waals surface area contributed by atoms with E-state index in [2.05, 4.69) is 68.5 Å². The van der Waals surface area contributed by atoms with Gasteiger partial charge in [0.2, 0.25) is 70.9 Å². The SMILES string of the molecule is CC(=O)N[C@H]1CCC(=O)NCC[C@@H]2NC(=O)[C@H](CC(=O)NC[C@@H](C(=O)O)NC(=O)[C@@H]3CCCN3C(=O)[C@H](CCCN=C(N)N)NC(=O)[C@H](CC(C)C)NC(=O)[C@@H](Cc3ccc4ccccc4c3)NC2=O)NC(=O)[C@@H](Cc2c[nH]c3ccccc23)NC(=O)[C@@H](Cc2ccc(Cl)cc2)NC1=O. The second-order valence-corrected chi connectivity index (χ2v) is 25.8. The highest BCUT2D eigenvalue weighted by atomic mass is 35.5. The molecule has 17 N–H and O–H groups in total. The molecule has 4 aromatic carbocycles. The first-order chi connectivity index (χ1) is 47.3. The molecule has 0 saturated carbocycles. The number of nitrogens with zero attached hydrogens (tertiary/aromatic N) is 2. The summed E-state index contributed by atoms with van der Waals surface area (Å²) in [5.74, 6) is -13.2. The average molecular weight is 1390 g/mol. The Hall–Kier alpha value is -10.7. The number of nitrogens with two attached hydrogens (primary N) is 2. The first-order valence-electron chi connectivity index (χ1n) is 32.9. The number of benzene rings is 4. The van der Waals surface area contributed by atoms with Crippen molar-refractivity contribution in [2.24, 2.45) is 22.4 Å². The third kappa shape index (κ3) is 21.4. The van der Waals surface area contributed by atoms with Crippen LogP contribution in [0.25, 0.3) is 21.7 Å². The lowest BCUT2D eigenvalue weighted by molar-refractivity contribution is -0.145. The summed E-state index contributed by atoms with van der Waals surface area (Å²) < 4.78 is 0. The van der Waals surface area contributed by atoms with Crippen LogP contribution in [0.4, 0.5) is 0 Å². The number of nitrogens with one attached hydrogen (secondary N) is 12. The molecule has 528 valence electrons. The number of hydrogen-bond donors (Lipinski definition) is 15. The lowest BCUT2D eigenvalue weighted by atomic mass is 9.98. The molecule has 3 fully saturated rings. The number of guanidine groups is 1. The van der Waals surface area contributed by atoms with Gasteiger partial charge in [0.05, 0.1) is 6.42 Å². The number of carboxylic acid groups (broad SMARTS) is 1. The number of carbonyl (C=O) groups excluding carboxylic acids is 12. The summed E-state index contributed by atoms with van der Waals surface area (Å²) in [5.41, 5.74) is 13.3. The zero-order valence-electron chi connectivity index (χ0n) is 55.1. The van der Waals surface area contributed by atoms with E-state index < -0.39 is 170 Å². The number of carbonyl (C=O) groups is 13. The lowest BCUT2D eigenvalue weighted by Crippen LogP contribution is -2.61. The van der Waals surface area contributed by atoms with Gasteiger partial charge in [-0.3, -0.25) is 62.5 Å². The molecular weight excluding hydrogens is 1300 g/mol. The number of H-pyrrole nitrogens is 1. The molecule has 31 heteroatoms. The summed E-state index contributed by atoms with van der Waals surface area (Å²) in [6.45, 7) is 3.53. The van der Waals surface area contributed by atoms with Gasteiger partial charge in [-0.2, -0.15) is 0 Å². The van der Waals surface area contributed by atoms with E-state index in [0.29, 0.717) is 32.6 Å². The highest BCUT2D eigenvalue weighted by molar-refractivity contribution is 6.30. The van der Waals surface area contributed by atoms with Crippen LogP contribution in [0.15, 0.2) is 102 Å². The zero-order valence-corrected chi connectivity index (χ0v) is 55.8. The number of amides is 12. The number of aromatic nitrogens is 1. The Bertz CT molecular complexity index is 3860. The number of hydrogen-bond acceptors (Lipinski definition) is 14. The van der Waals surface area contributed by atoms with Gasteiger partial charge in [0.15, 0.2) is 5.96 Å². The Morgan fingerprint density at radius 2 is 1.24 bits per heavy atom. The van der Waals surface area contributed by atoms with Gasteiger partial charge in [0.1, 0.15) is 60.4 Å². The molecule has 8 rings (SSSR count). The van der Waals surface area contributed by atoms with E-state index >= 15 is 19.2 Å². The molecule has 3 aliphatic heterocycles. The minimum Gasteiger partial charge on any atom is -0.480 e. The smallest absolute Gasteiger partial charge is 0.328 e. The van der Waals surface area contributed by atoms with Gasteiger partial charge in [0.25, 0.3) is 0 Å². The topological polar surface area (TPSA) is 458 Å². The maximum absolute atomic E-state index is 15.3. The second-order valence-electron chi connectivity index (χ2n) is 25.3. The number of aliphatic carboxylic acids is 1. The third-order valence-electron chi connectivity index (χ3n) is 17.2. The lowest BCUT2D eigenvalue weighted by Gasteiger charge is -2.31. The fourth-order valence-corrected chi connectivity index (χ4v) is 12.3. The van der Waals surface area contributed by atoms with E-state index in [0.717, 1.165) is 17.7 Å². The van der Waals surface area contributed by atoms with Crippen LogP contribution in [-0.2, 0) is 81.6 Å². The van der Waals surface area contributed by atoms with Crippen LogP contribution in [0.2, 0.25) is 5.02 Å². The predicted molar refractivity (Wildman–Crippen MR) is 364 cm³/mol. The molecule has 0 radical (unpaired) electrons. The number of aliphatic imine (C=N–C) groups is 1. The van der Waals surface area contributed by atoms with Gasteiger partial charge in [-0.05, 0) is 96.5 Å². The number of carboxylic acids is 1. The van der Waals surface area contributed by atoms with E-state index in [1.54, 1.807) is 86.8 Å². The fraction of sp³-hybridized carbons (Fsp3) is 0.441. The molecule has 99 heavy (non-hydrogen) atoms. The van der Waals surface area contributed by atoms with E-state index in [4.69, 9.17) is 23.1 Å². The van der Waals surface area contributed by atoms with Gasteiger partial charge < -0.3 is 84.9 Å². The first kappa shape index (κ1) is 74.1. The molecule has 12 amide bonds. The average Bonchev–Trinajstić information content (AvgIpc) is 1.82. The molecule has 0 aliphatic carbocycles. The number of rotatable bonds is 14. The summed E-state index contributed by atoms with van der Waals surface area (Å²) in [6, 6.07) is 10.2.